The second-order valence-corrected chi connectivity index (χ2v) is 10.2. The summed E-state index contributed by atoms with van der Waals surface area (Å²) < 4.78 is 6.01. The number of allylic oxidation sites excluding steroid dienone is 1. The molecule has 0 spiro atoms. The Morgan fingerprint density at radius 1 is 1.25 bits per heavy atom. The van der Waals surface area contributed by atoms with E-state index < -0.39 is 28.8 Å². The molecule has 0 heterocycles. The van der Waals surface area contributed by atoms with E-state index >= 15 is 0 Å². The predicted octanol–water partition coefficient (Wildman–Crippen LogP) is 3.48. The first-order valence-electron chi connectivity index (χ1n) is 10.7. The lowest BCUT2D eigenvalue weighted by molar-refractivity contribution is -0.193. The number of carbonyl (C=O) groups is 3. The number of hydrogen-bond acceptors (Lipinski definition) is 5. The topological polar surface area (TPSA) is 80.7 Å². The second kappa shape index (κ2) is 7.40. The van der Waals surface area contributed by atoms with E-state index in [1.807, 2.05) is 13.8 Å². The van der Waals surface area contributed by atoms with Crippen LogP contribution >= 0.6 is 0 Å². The van der Waals surface area contributed by atoms with Crippen LogP contribution in [-0.4, -0.2) is 34.9 Å². The highest BCUT2D eigenvalue weighted by molar-refractivity contribution is 6.13. The molecule has 1 N–H and O–H groups in total. The van der Waals surface area contributed by atoms with Crippen LogP contribution in [0.15, 0.2) is 12.2 Å². The first-order valence-corrected chi connectivity index (χ1v) is 10.7. The number of hydrogen-bond donors (Lipinski definition) is 1. The normalized spacial score (nSPS) is 40.3. The molecule has 2 fully saturated rings. The minimum atomic E-state index is -1.81. The highest BCUT2D eigenvalue weighted by Crippen LogP contribution is 2.54. The molecule has 0 bridgehead atoms. The average Bonchev–Trinajstić information content (AvgIpc) is 2.60. The van der Waals surface area contributed by atoms with Crippen LogP contribution in [-0.2, 0) is 19.1 Å². The van der Waals surface area contributed by atoms with Gasteiger partial charge in [-0.05, 0) is 48.5 Å². The summed E-state index contributed by atoms with van der Waals surface area (Å²) in [6, 6.07) is 0. The third-order valence-electron chi connectivity index (χ3n) is 7.45. The van der Waals surface area contributed by atoms with Crippen molar-refractivity contribution in [3.05, 3.63) is 12.2 Å². The molecule has 3 aliphatic rings. The van der Waals surface area contributed by atoms with Gasteiger partial charge in [0.15, 0.2) is 17.0 Å². The van der Waals surface area contributed by atoms with Crippen molar-refractivity contribution in [2.24, 2.45) is 34.5 Å². The van der Waals surface area contributed by atoms with E-state index in [0.717, 1.165) is 19.3 Å². The lowest BCUT2D eigenvalue weighted by Crippen LogP contribution is -2.64. The zero-order valence-corrected chi connectivity index (χ0v) is 17.7. The minimum absolute atomic E-state index is 0.172. The molecule has 156 valence electrons. The Balaban J connectivity index is 1.99. The molecule has 0 unspecified atom stereocenters. The van der Waals surface area contributed by atoms with E-state index in [2.05, 4.69) is 20.8 Å². The largest absolute Gasteiger partial charge is 0.461 e. The van der Waals surface area contributed by atoms with Gasteiger partial charge in [0, 0.05) is 6.42 Å². The molecule has 0 aromatic heterocycles. The molecular weight excluding hydrogens is 356 g/mol. The number of ether oxygens (including phenoxy) is 1. The van der Waals surface area contributed by atoms with Crippen LogP contribution in [0.25, 0.3) is 0 Å². The van der Waals surface area contributed by atoms with Crippen molar-refractivity contribution < 1.29 is 24.2 Å². The van der Waals surface area contributed by atoms with Crippen molar-refractivity contribution in [3.8, 4) is 0 Å². The number of aliphatic hydroxyl groups excluding tert-OH is 1. The van der Waals surface area contributed by atoms with E-state index in [4.69, 9.17) is 4.74 Å². The molecule has 0 aliphatic heterocycles. The number of rotatable bonds is 3. The fourth-order valence-electron chi connectivity index (χ4n) is 5.78. The van der Waals surface area contributed by atoms with Crippen LogP contribution in [0.2, 0.25) is 0 Å². The molecule has 0 aromatic rings. The molecule has 2 saturated carbocycles. The Morgan fingerprint density at radius 2 is 1.93 bits per heavy atom. The Labute approximate surface area is 167 Å². The van der Waals surface area contributed by atoms with Gasteiger partial charge in [0.05, 0.1) is 12.0 Å². The molecule has 5 nitrogen and oxygen atoms in total. The average molecular weight is 391 g/mol. The van der Waals surface area contributed by atoms with E-state index in [0.29, 0.717) is 18.3 Å². The van der Waals surface area contributed by atoms with Crippen LogP contribution in [0.3, 0.4) is 0 Å². The van der Waals surface area contributed by atoms with Crippen LogP contribution in [0.4, 0.5) is 0 Å². The molecule has 0 saturated heterocycles. The number of fused-ring (bicyclic) bond motifs is 1. The smallest absolute Gasteiger partial charge is 0.323 e. The van der Waals surface area contributed by atoms with E-state index in [1.54, 1.807) is 0 Å². The number of carbonyl (C=O) groups excluding carboxylic acids is 3. The maximum Gasteiger partial charge on any atom is 0.323 e. The zero-order valence-electron chi connectivity index (χ0n) is 17.7. The maximum atomic E-state index is 13.6. The van der Waals surface area contributed by atoms with Crippen molar-refractivity contribution in [3.63, 3.8) is 0 Å². The van der Waals surface area contributed by atoms with E-state index in [9.17, 15) is 19.5 Å². The number of aliphatic hydroxyl groups is 1. The summed E-state index contributed by atoms with van der Waals surface area (Å²) in [6.45, 7) is 10.2. The van der Waals surface area contributed by atoms with E-state index in [-0.39, 0.29) is 30.0 Å². The van der Waals surface area contributed by atoms with Gasteiger partial charge < -0.3 is 9.84 Å². The Bertz CT molecular complexity index is 691. The fraction of sp³-hybridized carbons (Fsp3) is 0.783. The standard InChI is InChI=1S/C23H34O5/c1-13(2)15-7-6-14(3)12-17(15)28-21(27)23-18(25)9-8-16(24)20(23)22(4,5)11-10-19(23)26/h8-9,13-15,17-18,20,25H,6-7,10-12H2,1-5H3/t14-,15+,17-,18-,20-,23+/m1/s1. The molecule has 3 rings (SSSR count). The Kier molecular flexibility index (Phi) is 5.61. The van der Waals surface area contributed by atoms with Gasteiger partial charge in [0.2, 0.25) is 0 Å². The Morgan fingerprint density at radius 3 is 2.57 bits per heavy atom. The first kappa shape index (κ1) is 21.2. The van der Waals surface area contributed by atoms with Crippen molar-refractivity contribution in [2.45, 2.75) is 78.9 Å². The van der Waals surface area contributed by atoms with Gasteiger partial charge in [-0.15, -0.1) is 0 Å². The molecule has 3 aliphatic carbocycles. The van der Waals surface area contributed by atoms with Gasteiger partial charge in [-0.2, -0.15) is 0 Å². The fourth-order valence-corrected chi connectivity index (χ4v) is 5.78. The molecular formula is C23H34O5. The third kappa shape index (κ3) is 3.26. The van der Waals surface area contributed by atoms with E-state index in [1.165, 1.54) is 12.2 Å². The summed E-state index contributed by atoms with van der Waals surface area (Å²) >= 11 is 0. The molecule has 0 aromatic carbocycles. The van der Waals surface area contributed by atoms with Gasteiger partial charge >= 0.3 is 5.97 Å². The maximum absolute atomic E-state index is 13.6. The summed E-state index contributed by atoms with van der Waals surface area (Å²) in [5.74, 6) is -1.19. The number of ketones is 2. The molecule has 5 heteroatoms. The van der Waals surface area contributed by atoms with Crippen LogP contribution in [0.1, 0.15) is 66.7 Å². The highest BCUT2D eigenvalue weighted by Gasteiger charge is 2.67. The van der Waals surface area contributed by atoms with Gasteiger partial charge in [-0.25, -0.2) is 0 Å². The van der Waals surface area contributed by atoms with Crippen LogP contribution in [0.5, 0.6) is 0 Å². The first-order chi connectivity index (χ1) is 13.0. The summed E-state index contributed by atoms with van der Waals surface area (Å²) in [5, 5.41) is 10.8. The van der Waals surface area contributed by atoms with Gasteiger partial charge in [0.25, 0.3) is 0 Å². The zero-order chi connectivity index (χ0) is 20.9. The van der Waals surface area contributed by atoms with Crippen molar-refractivity contribution in [1.29, 1.82) is 0 Å². The van der Waals surface area contributed by atoms with Crippen molar-refractivity contribution >= 4 is 17.5 Å². The summed E-state index contributed by atoms with van der Waals surface area (Å²) in [6.07, 6.45) is 4.54. The highest BCUT2D eigenvalue weighted by atomic mass is 16.5. The van der Waals surface area contributed by atoms with Gasteiger partial charge in [0.1, 0.15) is 6.10 Å². The molecule has 0 radical (unpaired) electrons. The monoisotopic (exact) mass is 390 g/mol. The van der Waals surface area contributed by atoms with Crippen molar-refractivity contribution in [2.75, 3.05) is 0 Å². The third-order valence-corrected chi connectivity index (χ3v) is 7.45. The minimum Gasteiger partial charge on any atom is -0.461 e. The number of esters is 1. The Hall–Kier alpha value is -1.49. The van der Waals surface area contributed by atoms with Crippen LogP contribution < -0.4 is 0 Å². The lowest BCUT2D eigenvalue weighted by atomic mass is 9.50. The molecule has 0 amide bonds. The SMILES string of the molecule is CC(C)[C@@H]1CC[C@@H](C)C[C@H]1OC(=O)[C@@]12C(=O)CCC(C)(C)[C@H]1C(=O)C=C[C@H]2O. The lowest BCUT2D eigenvalue weighted by Gasteiger charge is -2.51. The summed E-state index contributed by atoms with van der Waals surface area (Å²) in [5.41, 5.74) is -2.37. The van der Waals surface area contributed by atoms with Gasteiger partial charge in [-0.1, -0.05) is 47.1 Å². The summed E-state index contributed by atoms with van der Waals surface area (Å²) in [4.78, 5) is 39.5. The quantitative estimate of drug-likeness (QED) is 0.589. The van der Waals surface area contributed by atoms with Crippen molar-refractivity contribution in [1.82, 2.24) is 0 Å². The van der Waals surface area contributed by atoms with Crippen LogP contribution in [0, 0.1) is 34.5 Å². The summed E-state index contributed by atoms with van der Waals surface area (Å²) in [7, 11) is 0. The second-order valence-electron chi connectivity index (χ2n) is 10.2. The number of Topliss-reactive ketones (excluding diaryl/α,β-unsaturated/α-hetero) is 1. The molecule has 28 heavy (non-hydrogen) atoms. The predicted molar refractivity (Wildman–Crippen MR) is 105 cm³/mol. The van der Waals surface area contributed by atoms with Gasteiger partial charge in [-0.3, -0.25) is 14.4 Å². The molecule has 6 atom stereocenters.